The van der Waals surface area contributed by atoms with Crippen LogP contribution >= 0.6 is 0 Å². The molecule has 2 heterocycles. The zero-order valence-corrected chi connectivity index (χ0v) is 22.2. The van der Waals surface area contributed by atoms with E-state index in [4.69, 9.17) is 5.73 Å². The van der Waals surface area contributed by atoms with Crippen molar-refractivity contribution < 1.29 is 18.0 Å². The summed E-state index contributed by atoms with van der Waals surface area (Å²) in [5.41, 5.74) is 8.06. The fourth-order valence-electron chi connectivity index (χ4n) is 3.80. The van der Waals surface area contributed by atoms with Crippen molar-refractivity contribution in [3.05, 3.63) is 82.5 Å². The molecular weight excluding hydrogens is 521 g/mol. The number of carbonyl (C=O) groups is 1. The first kappa shape index (κ1) is 28.4. The SMILES string of the molecule is Cc1ccc(NC(=O)Nc2ccc(CNCCN)c(C(F)(F)F)c2)cc1C#Cc1ccn2nc(N(C)C)nc2c1. The van der Waals surface area contributed by atoms with E-state index >= 15 is 0 Å². The van der Waals surface area contributed by atoms with Crippen LogP contribution in [-0.2, 0) is 12.7 Å². The van der Waals surface area contributed by atoms with Crippen molar-refractivity contribution in [2.75, 3.05) is 42.7 Å². The second kappa shape index (κ2) is 12.1. The van der Waals surface area contributed by atoms with E-state index in [-0.39, 0.29) is 17.8 Å². The monoisotopic (exact) mass is 550 g/mol. The van der Waals surface area contributed by atoms with Gasteiger partial charge in [-0.2, -0.15) is 18.2 Å². The molecule has 0 radical (unpaired) electrons. The number of pyridine rings is 1. The average molecular weight is 551 g/mol. The third-order valence-electron chi connectivity index (χ3n) is 5.87. The summed E-state index contributed by atoms with van der Waals surface area (Å²) in [7, 11) is 3.72. The van der Waals surface area contributed by atoms with Gasteiger partial charge in [0.15, 0.2) is 5.65 Å². The van der Waals surface area contributed by atoms with Crippen molar-refractivity contribution in [3.8, 4) is 11.8 Å². The largest absolute Gasteiger partial charge is 0.416 e. The number of fused-ring (bicyclic) bond motifs is 1. The smallest absolute Gasteiger partial charge is 0.346 e. The summed E-state index contributed by atoms with van der Waals surface area (Å²) < 4.78 is 42.5. The number of amides is 2. The molecule has 2 aromatic carbocycles. The third kappa shape index (κ3) is 7.07. The number of aromatic nitrogens is 3. The Kier molecular flexibility index (Phi) is 8.57. The molecule has 0 saturated carbocycles. The lowest BCUT2D eigenvalue weighted by atomic mass is 10.1. The molecule has 0 aliphatic rings. The number of hydrogen-bond donors (Lipinski definition) is 4. The van der Waals surface area contributed by atoms with Crippen molar-refractivity contribution >= 4 is 29.0 Å². The number of alkyl halides is 3. The summed E-state index contributed by atoms with van der Waals surface area (Å²) in [6.07, 6.45) is -2.80. The molecule has 0 fully saturated rings. The number of nitrogens with zero attached hydrogens (tertiary/aromatic N) is 4. The van der Waals surface area contributed by atoms with Gasteiger partial charge in [0.05, 0.1) is 5.56 Å². The van der Waals surface area contributed by atoms with Crippen molar-refractivity contribution in [1.82, 2.24) is 19.9 Å². The van der Waals surface area contributed by atoms with Gasteiger partial charge in [0.25, 0.3) is 0 Å². The minimum absolute atomic E-state index is 0.00958. The molecule has 0 bridgehead atoms. The molecule has 5 N–H and O–H groups in total. The summed E-state index contributed by atoms with van der Waals surface area (Å²) in [5.74, 6) is 6.80. The van der Waals surface area contributed by atoms with E-state index in [1.807, 2.05) is 38.1 Å². The number of aryl methyl sites for hydroxylation is 1. The van der Waals surface area contributed by atoms with Gasteiger partial charge in [-0.3, -0.25) is 0 Å². The molecular formula is C28H29F3N8O. The summed E-state index contributed by atoms with van der Waals surface area (Å²) in [6.45, 7) is 2.60. The molecule has 2 amide bonds. The number of rotatable bonds is 7. The molecule has 0 unspecified atom stereocenters. The summed E-state index contributed by atoms with van der Waals surface area (Å²) >= 11 is 0. The predicted octanol–water partition coefficient (Wildman–Crippen LogP) is 4.21. The highest BCUT2D eigenvalue weighted by Crippen LogP contribution is 2.34. The minimum Gasteiger partial charge on any atom is -0.346 e. The Morgan fingerprint density at radius 1 is 1.05 bits per heavy atom. The molecule has 208 valence electrons. The van der Waals surface area contributed by atoms with Gasteiger partial charge in [-0.15, -0.1) is 5.10 Å². The molecule has 0 spiro atoms. The van der Waals surface area contributed by atoms with Crippen LogP contribution in [0.3, 0.4) is 0 Å². The Labute approximate surface area is 229 Å². The van der Waals surface area contributed by atoms with E-state index in [0.717, 1.165) is 17.2 Å². The highest BCUT2D eigenvalue weighted by molar-refractivity contribution is 6.00. The first-order valence-electron chi connectivity index (χ1n) is 12.4. The number of anilines is 3. The predicted molar refractivity (Wildman–Crippen MR) is 149 cm³/mol. The van der Waals surface area contributed by atoms with Gasteiger partial charge in [0.1, 0.15) is 0 Å². The second-order valence-electron chi connectivity index (χ2n) is 9.22. The topological polar surface area (TPSA) is 113 Å². The van der Waals surface area contributed by atoms with E-state index < -0.39 is 17.8 Å². The molecule has 9 nitrogen and oxygen atoms in total. The first-order chi connectivity index (χ1) is 19.0. The Morgan fingerprint density at radius 2 is 1.77 bits per heavy atom. The van der Waals surface area contributed by atoms with Crippen LogP contribution in [0.15, 0.2) is 54.7 Å². The Bertz CT molecular complexity index is 1580. The van der Waals surface area contributed by atoms with Crippen LogP contribution < -0.4 is 26.6 Å². The van der Waals surface area contributed by atoms with Crippen LogP contribution in [0.4, 0.5) is 35.3 Å². The number of carbonyl (C=O) groups excluding carboxylic acids is 1. The van der Waals surface area contributed by atoms with Gasteiger partial charge in [-0.25, -0.2) is 9.31 Å². The van der Waals surface area contributed by atoms with E-state index in [0.29, 0.717) is 35.9 Å². The maximum atomic E-state index is 13.6. The first-order valence-corrected chi connectivity index (χ1v) is 12.4. The number of nitrogens with two attached hydrogens (primary N) is 1. The van der Waals surface area contributed by atoms with Crippen LogP contribution in [0.5, 0.6) is 0 Å². The molecule has 4 rings (SSSR count). The molecule has 0 atom stereocenters. The van der Waals surface area contributed by atoms with Gasteiger partial charge >= 0.3 is 12.2 Å². The molecule has 12 heteroatoms. The number of benzene rings is 2. The Hall–Kier alpha value is -4.60. The van der Waals surface area contributed by atoms with Crippen molar-refractivity contribution in [1.29, 1.82) is 0 Å². The standard InChI is InChI=1S/C28H29F3N8O/c1-18-4-8-22(15-20(18)6-5-19-10-13-39-25(14-19)36-26(37-39)38(2)3)34-27(40)35-23-9-7-21(17-33-12-11-32)24(16-23)28(29,30)31/h4,7-10,13-16,33H,11-12,17,32H2,1-3H3,(H2,34,35,40). The fourth-order valence-corrected chi connectivity index (χ4v) is 3.80. The number of nitrogens with one attached hydrogen (secondary N) is 3. The fraction of sp³-hybridized carbons (Fsp3) is 0.250. The lowest BCUT2D eigenvalue weighted by Gasteiger charge is -2.16. The Morgan fingerprint density at radius 3 is 2.48 bits per heavy atom. The van der Waals surface area contributed by atoms with Crippen molar-refractivity contribution in [2.24, 2.45) is 5.73 Å². The van der Waals surface area contributed by atoms with Crippen molar-refractivity contribution in [2.45, 2.75) is 19.6 Å². The average Bonchev–Trinajstić information content (AvgIpc) is 3.33. The van der Waals surface area contributed by atoms with Crippen LogP contribution in [-0.4, -0.2) is 47.8 Å². The number of halogens is 3. The summed E-state index contributed by atoms with van der Waals surface area (Å²) in [4.78, 5) is 18.9. The van der Waals surface area contributed by atoms with Gasteiger partial charge in [0, 0.05) is 62.4 Å². The minimum atomic E-state index is -4.58. The van der Waals surface area contributed by atoms with Gasteiger partial charge in [-0.1, -0.05) is 24.0 Å². The van der Waals surface area contributed by atoms with Crippen molar-refractivity contribution in [3.63, 3.8) is 0 Å². The van der Waals surface area contributed by atoms with E-state index in [2.05, 4.69) is 37.9 Å². The van der Waals surface area contributed by atoms with E-state index in [1.54, 1.807) is 28.9 Å². The lowest BCUT2D eigenvalue weighted by molar-refractivity contribution is -0.138. The van der Waals surface area contributed by atoms with E-state index in [9.17, 15) is 18.0 Å². The third-order valence-corrected chi connectivity index (χ3v) is 5.87. The summed E-state index contributed by atoms with van der Waals surface area (Å²) in [6, 6.07) is 11.8. The van der Waals surface area contributed by atoms with Crippen LogP contribution in [0.2, 0.25) is 0 Å². The normalized spacial score (nSPS) is 11.2. The lowest BCUT2D eigenvalue weighted by Crippen LogP contribution is -2.24. The van der Waals surface area contributed by atoms with Gasteiger partial charge in [-0.05, 0) is 54.4 Å². The van der Waals surface area contributed by atoms with Crippen LogP contribution in [0, 0.1) is 18.8 Å². The quantitative estimate of drug-likeness (QED) is 0.203. The second-order valence-corrected chi connectivity index (χ2v) is 9.22. The molecule has 0 aliphatic heterocycles. The zero-order chi connectivity index (χ0) is 28.9. The molecule has 0 aliphatic carbocycles. The van der Waals surface area contributed by atoms with E-state index in [1.165, 1.54) is 12.1 Å². The highest BCUT2D eigenvalue weighted by Gasteiger charge is 2.33. The van der Waals surface area contributed by atoms with Gasteiger partial charge < -0.3 is 26.6 Å². The zero-order valence-electron chi connectivity index (χ0n) is 22.2. The molecule has 4 aromatic rings. The van der Waals surface area contributed by atoms with Gasteiger partial charge in [0.2, 0.25) is 5.95 Å². The summed E-state index contributed by atoms with van der Waals surface area (Å²) in [5, 5.41) is 12.3. The number of hydrogen-bond acceptors (Lipinski definition) is 6. The number of urea groups is 1. The molecule has 2 aromatic heterocycles. The molecule has 0 saturated heterocycles. The maximum Gasteiger partial charge on any atom is 0.416 e. The Balaban J connectivity index is 1.47. The molecule has 40 heavy (non-hydrogen) atoms. The maximum absolute atomic E-state index is 13.6. The highest BCUT2D eigenvalue weighted by atomic mass is 19.4. The van der Waals surface area contributed by atoms with Crippen LogP contribution in [0.25, 0.3) is 5.65 Å². The van der Waals surface area contributed by atoms with Crippen LogP contribution in [0.1, 0.15) is 27.8 Å².